The second-order valence-corrected chi connectivity index (χ2v) is 10.3. The average molecular weight is 435 g/mol. The molecule has 3 aliphatic heterocycles. The number of para-hydroxylation sites is 1. The summed E-state index contributed by atoms with van der Waals surface area (Å²) in [5.74, 6) is -0.567. The maximum atomic E-state index is 12.8. The summed E-state index contributed by atoms with van der Waals surface area (Å²) in [4.78, 5) is 28.9. The summed E-state index contributed by atoms with van der Waals surface area (Å²) >= 11 is 0. The van der Waals surface area contributed by atoms with Crippen molar-refractivity contribution in [2.45, 2.75) is 32.1 Å². The molecule has 0 spiro atoms. The van der Waals surface area contributed by atoms with Crippen molar-refractivity contribution in [2.75, 3.05) is 49.3 Å². The molecule has 0 aliphatic carbocycles. The van der Waals surface area contributed by atoms with Crippen molar-refractivity contribution in [3.63, 3.8) is 0 Å². The van der Waals surface area contributed by atoms with Gasteiger partial charge in [-0.1, -0.05) is 18.2 Å². The molecule has 0 saturated carbocycles. The number of hydrogen-bond donors (Lipinski definition) is 1. The third-order valence-corrected chi connectivity index (χ3v) is 8.05. The van der Waals surface area contributed by atoms with Crippen LogP contribution in [0.15, 0.2) is 24.3 Å². The van der Waals surface area contributed by atoms with Crippen LogP contribution in [0, 0.1) is 5.92 Å². The monoisotopic (exact) mass is 434 g/mol. The van der Waals surface area contributed by atoms with Gasteiger partial charge in [0.05, 0.1) is 17.4 Å². The molecule has 0 radical (unpaired) electrons. The standard InChI is InChI=1S/C21H30N4O4S/c26-20(18-7-5-13-24(16-18)21(27)23-11-3-4-12-23)22-10-15-30(28,29)25-14-9-17-6-1-2-8-19(17)25/h1-2,6,8,18H,3-5,7,9-16H2,(H,22,26)/t18-/m1/s1. The largest absolute Gasteiger partial charge is 0.355 e. The van der Waals surface area contributed by atoms with E-state index in [2.05, 4.69) is 5.32 Å². The summed E-state index contributed by atoms with van der Waals surface area (Å²) in [7, 11) is -3.49. The number of fused-ring (bicyclic) bond motifs is 1. The molecule has 1 aromatic rings. The van der Waals surface area contributed by atoms with Gasteiger partial charge in [-0.05, 0) is 43.7 Å². The Kier molecular flexibility index (Phi) is 6.17. The normalized spacial score (nSPS) is 21.6. The summed E-state index contributed by atoms with van der Waals surface area (Å²) in [6.45, 7) is 3.21. The summed E-state index contributed by atoms with van der Waals surface area (Å²) in [5, 5.41) is 2.79. The Morgan fingerprint density at radius 2 is 1.73 bits per heavy atom. The fourth-order valence-corrected chi connectivity index (χ4v) is 6.06. The molecule has 0 aromatic heterocycles. The molecule has 8 nitrogen and oxygen atoms in total. The SMILES string of the molecule is O=C(NCCS(=O)(=O)N1CCc2ccccc21)[C@@H]1CCCN(C(=O)N2CCCC2)C1. The van der Waals surface area contributed by atoms with Gasteiger partial charge >= 0.3 is 6.03 Å². The van der Waals surface area contributed by atoms with E-state index < -0.39 is 10.0 Å². The van der Waals surface area contributed by atoms with Gasteiger partial charge < -0.3 is 15.1 Å². The highest BCUT2D eigenvalue weighted by Crippen LogP contribution is 2.29. The summed E-state index contributed by atoms with van der Waals surface area (Å²) < 4.78 is 27.0. The second-order valence-electron chi connectivity index (χ2n) is 8.32. The summed E-state index contributed by atoms with van der Waals surface area (Å²) in [6, 6.07) is 7.56. The van der Waals surface area contributed by atoms with Crippen molar-refractivity contribution < 1.29 is 18.0 Å². The lowest BCUT2D eigenvalue weighted by molar-refractivity contribution is -0.126. The molecule has 4 rings (SSSR count). The van der Waals surface area contributed by atoms with Gasteiger partial charge in [0.15, 0.2) is 0 Å². The van der Waals surface area contributed by atoms with Crippen LogP contribution in [0.4, 0.5) is 10.5 Å². The molecule has 9 heteroatoms. The number of likely N-dealkylation sites (tertiary alicyclic amines) is 2. The number of benzene rings is 1. The molecule has 3 amide bonds. The highest BCUT2D eigenvalue weighted by molar-refractivity contribution is 7.92. The van der Waals surface area contributed by atoms with Crippen LogP contribution in [0.2, 0.25) is 0 Å². The van der Waals surface area contributed by atoms with Crippen LogP contribution < -0.4 is 9.62 Å². The number of rotatable bonds is 5. The molecular formula is C21H30N4O4S. The number of carbonyl (C=O) groups excluding carboxylic acids is 2. The lowest BCUT2D eigenvalue weighted by Crippen LogP contribution is -2.50. The molecule has 2 fully saturated rings. The molecule has 164 valence electrons. The van der Waals surface area contributed by atoms with E-state index in [1.54, 1.807) is 4.90 Å². The van der Waals surface area contributed by atoms with E-state index in [0.717, 1.165) is 50.0 Å². The van der Waals surface area contributed by atoms with Gasteiger partial charge in [-0.25, -0.2) is 13.2 Å². The molecule has 1 aromatic carbocycles. The minimum Gasteiger partial charge on any atom is -0.355 e. The second kappa shape index (κ2) is 8.83. The van der Waals surface area contributed by atoms with Crippen molar-refractivity contribution >= 4 is 27.6 Å². The number of amides is 3. The number of nitrogens with zero attached hydrogens (tertiary/aromatic N) is 3. The quantitative estimate of drug-likeness (QED) is 0.759. The minimum absolute atomic E-state index is 0.0280. The van der Waals surface area contributed by atoms with Crippen molar-refractivity contribution in [3.8, 4) is 0 Å². The van der Waals surface area contributed by atoms with Gasteiger partial charge in [0.2, 0.25) is 15.9 Å². The zero-order valence-electron chi connectivity index (χ0n) is 17.3. The Balaban J connectivity index is 1.28. The van der Waals surface area contributed by atoms with Crippen molar-refractivity contribution in [3.05, 3.63) is 29.8 Å². The number of hydrogen-bond acceptors (Lipinski definition) is 4. The van der Waals surface area contributed by atoms with Gasteiger partial charge in [0.1, 0.15) is 0 Å². The van der Waals surface area contributed by atoms with Crippen LogP contribution in [-0.2, 0) is 21.2 Å². The van der Waals surface area contributed by atoms with E-state index in [1.807, 2.05) is 29.2 Å². The average Bonchev–Trinajstić information content (AvgIpc) is 3.43. The summed E-state index contributed by atoms with van der Waals surface area (Å²) in [5.41, 5.74) is 1.78. The fourth-order valence-electron chi connectivity index (χ4n) is 4.63. The van der Waals surface area contributed by atoms with Crippen molar-refractivity contribution in [1.82, 2.24) is 15.1 Å². The lowest BCUT2D eigenvalue weighted by atomic mass is 9.97. The molecule has 3 aliphatic rings. The van der Waals surface area contributed by atoms with Gasteiger partial charge in [0, 0.05) is 39.3 Å². The van der Waals surface area contributed by atoms with Gasteiger partial charge in [-0.3, -0.25) is 9.10 Å². The number of nitrogens with one attached hydrogen (secondary N) is 1. The van der Waals surface area contributed by atoms with E-state index in [9.17, 15) is 18.0 Å². The van der Waals surface area contributed by atoms with Crippen molar-refractivity contribution in [1.29, 1.82) is 0 Å². The highest BCUT2D eigenvalue weighted by atomic mass is 32.2. The molecular weight excluding hydrogens is 404 g/mol. The number of piperidine rings is 1. The first-order chi connectivity index (χ1) is 14.5. The van der Waals surface area contributed by atoms with Crippen LogP contribution in [0.1, 0.15) is 31.2 Å². The van der Waals surface area contributed by atoms with E-state index in [4.69, 9.17) is 0 Å². The first-order valence-electron chi connectivity index (χ1n) is 10.9. The van der Waals surface area contributed by atoms with E-state index >= 15 is 0 Å². The Morgan fingerprint density at radius 3 is 2.53 bits per heavy atom. The summed E-state index contributed by atoms with van der Waals surface area (Å²) in [6.07, 6.45) is 4.31. The van der Waals surface area contributed by atoms with Crippen LogP contribution in [0.3, 0.4) is 0 Å². The number of anilines is 1. The number of carbonyl (C=O) groups is 2. The highest BCUT2D eigenvalue weighted by Gasteiger charge is 2.32. The van der Waals surface area contributed by atoms with E-state index in [0.29, 0.717) is 26.1 Å². The Morgan fingerprint density at radius 1 is 1.00 bits per heavy atom. The maximum absolute atomic E-state index is 12.8. The Hall–Kier alpha value is -2.29. The Labute approximate surface area is 178 Å². The molecule has 30 heavy (non-hydrogen) atoms. The predicted molar refractivity (Wildman–Crippen MR) is 115 cm³/mol. The molecule has 3 heterocycles. The van der Waals surface area contributed by atoms with Crippen LogP contribution in [0.5, 0.6) is 0 Å². The van der Waals surface area contributed by atoms with E-state index in [1.165, 1.54) is 4.31 Å². The van der Waals surface area contributed by atoms with Gasteiger partial charge in [-0.2, -0.15) is 0 Å². The topological polar surface area (TPSA) is 90.0 Å². The third kappa shape index (κ3) is 4.40. The first kappa shape index (κ1) is 21.0. The lowest BCUT2D eigenvalue weighted by Gasteiger charge is -2.34. The van der Waals surface area contributed by atoms with Crippen molar-refractivity contribution in [2.24, 2.45) is 5.92 Å². The first-order valence-corrected chi connectivity index (χ1v) is 12.5. The zero-order valence-corrected chi connectivity index (χ0v) is 18.1. The number of urea groups is 1. The number of sulfonamides is 1. The molecule has 0 bridgehead atoms. The van der Waals surface area contributed by atoms with Crippen LogP contribution in [0.25, 0.3) is 0 Å². The maximum Gasteiger partial charge on any atom is 0.320 e. The predicted octanol–water partition coefficient (Wildman–Crippen LogP) is 1.42. The minimum atomic E-state index is -3.49. The Bertz CT molecular complexity index is 898. The van der Waals surface area contributed by atoms with Crippen LogP contribution >= 0.6 is 0 Å². The van der Waals surface area contributed by atoms with E-state index in [-0.39, 0.29) is 30.2 Å². The van der Waals surface area contributed by atoms with Gasteiger partial charge in [0.25, 0.3) is 0 Å². The molecule has 0 unspecified atom stereocenters. The fraction of sp³-hybridized carbons (Fsp3) is 0.619. The van der Waals surface area contributed by atoms with Gasteiger partial charge in [-0.15, -0.1) is 0 Å². The third-order valence-electron chi connectivity index (χ3n) is 6.28. The molecule has 1 N–H and O–H groups in total. The molecule has 1 atom stereocenters. The van der Waals surface area contributed by atoms with Crippen LogP contribution in [-0.4, -0.2) is 75.2 Å². The zero-order chi connectivity index (χ0) is 21.1. The molecule has 2 saturated heterocycles. The smallest absolute Gasteiger partial charge is 0.320 e.